The Morgan fingerprint density at radius 1 is 1.14 bits per heavy atom. The molecule has 0 radical (unpaired) electrons. The minimum atomic E-state index is -3.22. The summed E-state index contributed by atoms with van der Waals surface area (Å²) in [6.45, 7) is 4.00. The molecule has 1 aliphatic rings. The molecule has 1 aromatic rings. The predicted octanol–water partition coefficient (Wildman–Crippen LogP) is 1.70. The molecule has 2 rings (SSSR count). The van der Waals surface area contributed by atoms with Crippen molar-refractivity contribution in [3.05, 3.63) is 29.8 Å². The highest BCUT2D eigenvalue weighted by Crippen LogP contribution is 2.10. The van der Waals surface area contributed by atoms with Crippen LogP contribution >= 0.6 is 0 Å². The molecule has 1 aromatic carbocycles. The molecule has 1 N–H and O–H groups in total. The number of nitrogens with one attached hydrogen (secondary N) is 1. The highest BCUT2D eigenvalue weighted by Gasteiger charge is 2.11. The molecule has 0 aromatic heterocycles. The number of likely N-dealkylation sites (tertiary alicyclic amines) is 1. The Bertz CT molecular complexity index is 590. The van der Waals surface area contributed by atoms with Crippen LogP contribution in [0.4, 0.5) is 0 Å². The molecule has 0 spiro atoms. The molecule has 1 fully saturated rings. The number of carbonyl (C=O) groups excluding carboxylic acids is 1. The Kier molecular flexibility index (Phi) is 5.97. The van der Waals surface area contributed by atoms with Crippen LogP contribution in [0.1, 0.15) is 36.0 Å². The summed E-state index contributed by atoms with van der Waals surface area (Å²) < 4.78 is 22.7. The number of benzene rings is 1. The van der Waals surface area contributed by atoms with Gasteiger partial charge in [-0.1, -0.05) is 6.42 Å². The highest BCUT2D eigenvalue weighted by atomic mass is 32.2. The lowest BCUT2D eigenvalue weighted by Gasteiger charge is -2.26. The Morgan fingerprint density at radius 3 is 2.36 bits per heavy atom. The maximum Gasteiger partial charge on any atom is 0.251 e. The summed E-state index contributed by atoms with van der Waals surface area (Å²) in [6, 6.07) is 6.04. The van der Waals surface area contributed by atoms with Gasteiger partial charge < -0.3 is 10.2 Å². The summed E-state index contributed by atoms with van der Waals surface area (Å²) >= 11 is 0. The molecule has 1 aliphatic heterocycles. The normalized spacial score (nSPS) is 16.4. The quantitative estimate of drug-likeness (QED) is 0.809. The number of nitrogens with zero attached hydrogens (tertiary/aromatic N) is 1. The van der Waals surface area contributed by atoms with Crippen LogP contribution < -0.4 is 5.32 Å². The third-order valence-corrected chi connectivity index (χ3v) is 5.06. The molecule has 0 aliphatic carbocycles. The fourth-order valence-corrected chi connectivity index (χ4v) is 3.27. The first kappa shape index (κ1) is 17.0. The van der Waals surface area contributed by atoms with Crippen LogP contribution in [0.25, 0.3) is 0 Å². The van der Waals surface area contributed by atoms with Crippen LogP contribution in [-0.2, 0) is 9.84 Å². The minimum Gasteiger partial charge on any atom is -0.352 e. The Morgan fingerprint density at radius 2 is 1.77 bits per heavy atom. The van der Waals surface area contributed by atoms with Gasteiger partial charge in [0.1, 0.15) is 0 Å². The van der Waals surface area contributed by atoms with Crippen molar-refractivity contribution in [1.29, 1.82) is 0 Å². The third-order valence-electron chi connectivity index (χ3n) is 3.93. The van der Waals surface area contributed by atoms with Gasteiger partial charge in [0.25, 0.3) is 5.91 Å². The van der Waals surface area contributed by atoms with Gasteiger partial charge in [-0.3, -0.25) is 4.79 Å². The van der Waals surface area contributed by atoms with Crippen molar-refractivity contribution in [1.82, 2.24) is 10.2 Å². The Balaban J connectivity index is 1.75. The second-order valence-electron chi connectivity index (χ2n) is 5.81. The Labute approximate surface area is 132 Å². The number of hydrogen-bond donors (Lipinski definition) is 1. The average Bonchev–Trinajstić information content (AvgIpc) is 2.52. The number of amides is 1. The van der Waals surface area contributed by atoms with E-state index in [1.54, 1.807) is 12.1 Å². The van der Waals surface area contributed by atoms with E-state index in [2.05, 4.69) is 10.2 Å². The van der Waals surface area contributed by atoms with Crippen LogP contribution in [0.2, 0.25) is 0 Å². The molecule has 0 atom stereocenters. The van der Waals surface area contributed by atoms with Gasteiger partial charge in [0.15, 0.2) is 9.84 Å². The van der Waals surface area contributed by atoms with Gasteiger partial charge >= 0.3 is 0 Å². The van der Waals surface area contributed by atoms with E-state index in [4.69, 9.17) is 0 Å². The van der Waals surface area contributed by atoms with Gasteiger partial charge in [-0.15, -0.1) is 0 Å². The molecule has 22 heavy (non-hydrogen) atoms. The number of piperidine rings is 1. The molecular weight excluding hydrogens is 300 g/mol. The summed E-state index contributed by atoms with van der Waals surface area (Å²) in [5, 5.41) is 2.88. The maximum absolute atomic E-state index is 12.0. The van der Waals surface area contributed by atoms with E-state index in [-0.39, 0.29) is 10.8 Å². The monoisotopic (exact) mass is 324 g/mol. The Hall–Kier alpha value is -1.40. The summed E-state index contributed by atoms with van der Waals surface area (Å²) in [5.74, 6) is -0.154. The molecule has 122 valence electrons. The second kappa shape index (κ2) is 7.74. The first-order valence-corrected chi connectivity index (χ1v) is 9.66. The average molecular weight is 324 g/mol. The lowest BCUT2D eigenvalue weighted by Crippen LogP contribution is -2.33. The number of sulfone groups is 1. The van der Waals surface area contributed by atoms with E-state index in [1.165, 1.54) is 44.5 Å². The third kappa shape index (κ3) is 5.10. The van der Waals surface area contributed by atoms with E-state index >= 15 is 0 Å². The molecule has 1 heterocycles. The van der Waals surface area contributed by atoms with Gasteiger partial charge in [-0.05, 0) is 63.2 Å². The van der Waals surface area contributed by atoms with Gasteiger partial charge in [0.2, 0.25) is 0 Å². The van der Waals surface area contributed by atoms with Gasteiger partial charge in [0, 0.05) is 18.4 Å². The van der Waals surface area contributed by atoms with Crippen LogP contribution in [0.3, 0.4) is 0 Å². The van der Waals surface area contributed by atoms with Crippen molar-refractivity contribution in [3.63, 3.8) is 0 Å². The largest absolute Gasteiger partial charge is 0.352 e. The van der Waals surface area contributed by atoms with E-state index in [0.717, 1.165) is 19.2 Å². The van der Waals surface area contributed by atoms with Gasteiger partial charge in [-0.2, -0.15) is 0 Å². The smallest absolute Gasteiger partial charge is 0.251 e. The molecular formula is C16H24N2O3S. The molecule has 6 heteroatoms. The predicted molar refractivity (Wildman–Crippen MR) is 86.8 cm³/mol. The lowest BCUT2D eigenvalue weighted by atomic mass is 10.1. The first-order chi connectivity index (χ1) is 10.5. The van der Waals surface area contributed by atoms with Crippen molar-refractivity contribution in [2.75, 3.05) is 32.4 Å². The first-order valence-electron chi connectivity index (χ1n) is 7.77. The van der Waals surface area contributed by atoms with Crippen molar-refractivity contribution in [2.24, 2.45) is 0 Å². The molecule has 0 unspecified atom stereocenters. The molecule has 0 saturated carbocycles. The standard InChI is InChI=1S/C16H24N2O3S/c1-22(20,21)15-8-6-14(7-9-15)16(19)17-10-5-13-18-11-3-2-4-12-18/h6-9H,2-5,10-13H2,1H3,(H,17,19). The minimum absolute atomic E-state index is 0.154. The zero-order chi connectivity index (χ0) is 16.0. The lowest BCUT2D eigenvalue weighted by molar-refractivity contribution is 0.0951. The van der Waals surface area contributed by atoms with Crippen molar-refractivity contribution >= 4 is 15.7 Å². The SMILES string of the molecule is CS(=O)(=O)c1ccc(C(=O)NCCCN2CCCCC2)cc1. The summed E-state index contributed by atoms with van der Waals surface area (Å²) in [5.41, 5.74) is 0.491. The summed E-state index contributed by atoms with van der Waals surface area (Å²) in [4.78, 5) is 14.7. The molecule has 5 nitrogen and oxygen atoms in total. The van der Waals surface area contributed by atoms with E-state index < -0.39 is 9.84 Å². The van der Waals surface area contributed by atoms with Crippen molar-refractivity contribution in [3.8, 4) is 0 Å². The van der Waals surface area contributed by atoms with Crippen molar-refractivity contribution in [2.45, 2.75) is 30.6 Å². The van der Waals surface area contributed by atoms with Gasteiger partial charge in [-0.25, -0.2) is 8.42 Å². The van der Waals surface area contributed by atoms with E-state index in [9.17, 15) is 13.2 Å². The second-order valence-corrected chi connectivity index (χ2v) is 7.82. The van der Waals surface area contributed by atoms with Crippen LogP contribution in [0, 0.1) is 0 Å². The van der Waals surface area contributed by atoms with Crippen molar-refractivity contribution < 1.29 is 13.2 Å². The molecule has 0 bridgehead atoms. The summed E-state index contributed by atoms with van der Waals surface area (Å²) in [7, 11) is -3.22. The number of carbonyl (C=O) groups is 1. The zero-order valence-corrected chi connectivity index (χ0v) is 13.9. The molecule has 1 saturated heterocycles. The molecule has 1 amide bonds. The summed E-state index contributed by atoms with van der Waals surface area (Å²) in [6.07, 6.45) is 5.98. The van der Waals surface area contributed by atoms with Crippen LogP contribution in [0.15, 0.2) is 29.2 Å². The van der Waals surface area contributed by atoms with Crippen LogP contribution in [-0.4, -0.2) is 51.7 Å². The number of hydrogen-bond acceptors (Lipinski definition) is 4. The van der Waals surface area contributed by atoms with Gasteiger partial charge in [0.05, 0.1) is 4.90 Å². The number of rotatable bonds is 6. The zero-order valence-electron chi connectivity index (χ0n) is 13.0. The topological polar surface area (TPSA) is 66.5 Å². The maximum atomic E-state index is 12.0. The van der Waals surface area contributed by atoms with Crippen LogP contribution in [0.5, 0.6) is 0 Å². The van der Waals surface area contributed by atoms with E-state index in [1.807, 2.05) is 0 Å². The fourth-order valence-electron chi connectivity index (χ4n) is 2.64. The van der Waals surface area contributed by atoms with E-state index in [0.29, 0.717) is 12.1 Å². The highest BCUT2D eigenvalue weighted by molar-refractivity contribution is 7.90. The fraction of sp³-hybridized carbons (Fsp3) is 0.562.